The number of benzene rings is 2. The molecule has 0 saturated carbocycles. The Balaban J connectivity index is 1.36. The maximum atomic E-state index is 13.1. The first-order valence-corrected chi connectivity index (χ1v) is 9.77. The van der Waals surface area contributed by atoms with Gasteiger partial charge in [0.15, 0.2) is 11.6 Å². The molecule has 1 aliphatic carbocycles. The summed E-state index contributed by atoms with van der Waals surface area (Å²) in [5, 5.41) is 12.5. The van der Waals surface area contributed by atoms with E-state index in [2.05, 4.69) is 17.4 Å². The van der Waals surface area contributed by atoms with E-state index in [0.29, 0.717) is 0 Å². The second-order valence-corrected chi connectivity index (χ2v) is 7.47. The number of amides is 1. The Morgan fingerprint density at radius 1 is 1.15 bits per heavy atom. The molecule has 0 fully saturated rings. The van der Waals surface area contributed by atoms with Crippen molar-refractivity contribution in [2.45, 2.75) is 30.3 Å². The lowest BCUT2D eigenvalue weighted by Gasteiger charge is -2.13. The number of aliphatic hydroxyl groups excluding tert-OH is 1. The Morgan fingerprint density at radius 2 is 1.96 bits per heavy atom. The van der Waals surface area contributed by atoms with Crippen LogP contribution in [-0.2, 0) is 17.6 Å². The van der Waals surface area contributed by atoms with Gasteiger partial charge in [0.1, 0.15) is 18.5 Å². The van der Waals surface area contributed by atoms with Crippen molar-refractivity contribution in [2.24, 2.45) is 0 Å². The summed E-state index contributed by atoms with van der Waals surface area (Å²) in [5.74, 6) is -1.79. The number of hydrogen-bond acceptors (Lipinski definition) is 4. The molecule has 2 aromatic rings. The molecule has 1 aliphatic rings. The number of carbonyl (C=O) groups is 1. The maximum Gasteiger partial charge on any atom is 0.230 e. The zero-order chi connectivity index (χ0) is 19.2. The minimum Gasteiger partial charge on any atom is -0.491 e. The van der Waals surface area contributed by atoms with E-state index in [1.165, 1.54) is 35.4 Å². The van der Waals surface area contributed by atoms with Gasteiger partial charge < -0.3 is 15.2 Å². The van der Waals surface area contributed by atoms with Crippen LogP contribution in [0, 0.1) is 11.6 Å². The van der Waals surface area contributed by atoms with Crippen LogP contribution in [0.4, 0.5) is 8.78 Å². The smallest absolute Gasteiger partial charge is 0.230 e. The van der Waals surface area contributed by atoms with E-state index in [9.17, 15) is 18.7 Å². The molecule has 0 heterocycles. The summed E-state index contributed by atoms with van der Waals surface area (Å²) < 4.78 is 31.1. The van der Waals surface area contributed by atoms with Crippen LogP contribution in [0.1, 0.15) is 17.5 Å². The van der Waals surface area contributed by atoms with Gasteiger partial charge in [-0.15, -0.1) is 11.8 Å². The summed E-state index contributed by atoms with van der Waals surface area (Å²) in [6, 6.07) is 9.44. The van der Waals surface area contributed by atoms with Crippen molar-refractivity contribution >= 4 is 17.7 Å². The average Bonchev–Trinajstić information content (AvgIpc) is 3.13. The Hall–Kier alpha value is -2.12. The predicted octanol–water partition coefficient (Wildman–Crippen LogP) is 3.10. The fourth-order valence-electron chi connectivity index (χ4n) is 2.89. The zero-order valence-corrected chi connectivity index (χ0v) is 15.5. The van der Waals surface area contributed by atoms with Crippen LogP contribution >= 0.6 is 11.8 Å². The van der Waals surface area contributed by atoms with Crippen LogP contribution in [0.25, 0.3) is 0 Å². The van der Waals surface area contributed by atoms with Gasteiger partial charge in [-0.3, -0.25) is 4.79 Å². The van der Waals surface area contributed by atoms with Gasteiger partial charge in [-0.25, -0.2) is 8.78 Å². The first-order chi connectivity index (χ1) is 13.0. The molecule has 0 saturated heterocycles. The normalized spacial score (nSPS) is 13.9. The molecule has 1 unspecified atom stereocenters. The van der Waals surface area contributed by atoms with Gasteiger partial charge in [0.25, 0.3) is 0 Å². The summed E-state index contributed by atoms with van der Waals surface area (Å²) in [4.78, 5) is 13.0. The van der Waals surface area contributed by atoms with Crippen LogP contribution in [0.15, 0.2) is 41.3 Å². The maximum absolute atomic E-state index is 13.1. The largest absolute Gasteiger partial charge is 0.491 e. The van der Waals surface area contributed by atoms with Crippen molar-refractivity contribution in [3.63, 3.8) is 0 Å². The fraction of sp³-hybridized carbons (Fsp3) is 0.350. The third kappa shape index (κ3) is 5.68. The number of carbonyl (C=O) groups excluding carboxylic acids is 1. The number of hydrogen-bond donors (Lipinski definition) is 2. The van der Waals surface area contributed by atoms with Gasteiger partial charge in [0, 0.05) is 17.5 Å². The van der Waals surface area contributed by atoms with Crippen LogP contribution in [0.2, 0.25) is 0 Å². The fourth-order valence-corrected chi connectivity index (χ4v) is 3.68. The van der Waals surface area contributed by atoms with Gasteiger partial charge in [0.05, 0.1) is 5.75 Å². The molecule has 0 bridgehead atoms. The first-order valence-electron chi connectivity index (χ1n) is 8.78. The number of rotatable bonds is 8. The van der Waals surface area contributed by atoms with Crippen LogP contribution in [0.5, 0.6) is 5.75 Å². The number of halogens is 2. The molecular formula is C20H21F2NO3S. The quantitative estimate of drug-likeness (QED) is 0.677. The lowest BCUT2D eigenvalue weighted by molar-refractivity contribution is -0.119. The molecule has 2 aromatic carbocycles. The Bertz CT molecular complexity index is 816. The van der Waals surface area contributed by atoms with Crippen molar-refractivity contribution < 1.29 is 23.4 Å². The van der Waals surface area contributed by atoms with Gasteiger partial charge in [0.2, 0.25) is 5.91 Å². The summed E-state index contributed by atoms with van der Waals surface area (Å²) in [6.07, 6.45) is 2.46. The lowest BCUT2D eigenvalue weighted by Crippen LogP contribution is -2.36. The van der Waals surface area contributed by atoms with Crippen LogP contribution in [-0.4, -0.2) is 36.0 Å². The number of nitrogens with one attached hydrogen (secondary N) is 1. The summed E-state index contributed by atoms with van der Waals surface area (Å²) in [7, 11) is 0. The molecule has 7 heteroatoms. The second-order valence-electron chi connectivity index (χ2n) is 6.42. The van der Waals surface area contributed by atoms with Gasteiger partial charge in [-0.05, 0) is 54.7 Å². The Labute approximate surface area is 160 Å². The molecule has 144 valence electrons. The Kier molecular flexibility index (Phi) is 6.68. The third-order valence-electron chi connectivity index (χ3n) is 4.31. The number of aliphatic hydroxyl groups is 1. The lowest BCUT2D eigenvalue weighted by atomic mass is 10.1. The minimum atomic E-state index is -1.01. The van der Waals surface area contributed by atoms with E-state index in [-0.39, 0.29) is 30.6 Å². The monoisotopic (exact) mass is 393 g/mol. The van der Waals surface area contributed by atoms with Crippen molar-refractivity contribution in [3.05, 3.63) is 59.2 Å². The number of aryl methyl sites for hydroxylation is 2. The van der Waals surface area contributed by atoms with E-state index in [0.717, 1.165) is 29.9 Å². The van der Waals surface area contributed by atoms with Crippen LogP contribution < -0.4 is 10.1 Å². The standard InChI is InChI=1S/C20H21F2NO3S/c21-18-7-5-16(9-19(18)22)26-11-15(24)10-23-20(25)12-27-17-6-4-13-2-1-3-14(13)8-17/h4-9,15,24H,1-3,10-12H2,(H,23,25). The highest BCUT2D eigenvalue weighted by atomic mass is 32.2. The molecule has 3 rings (SSSR count). The summed E-state index contributed by atoms with van der Waals surface area (Å²) in [5.41, 5.74) is 2.76. The van der Waals surface area contributed by atoms with E-state index < -0.39 is 17.7 Å². The molecular weight excluding hydrogens is 372 g/mol. The van der Waals surface area contributed by atoms with E-state index in [4.69, 9.17) is 4.74 Å². The molecule has 27 heavy (non-hydrogen) atoms. The SMILES string of the molecule is O=C(CSc1ccc2c(c1)CCC2)NCC(O)COc1ccc(F)c(F)c1. The highest BCUT2D eigenvalue weighted by Gasteiger charge is 2.13. The third-order valence-corrected chi connectivity index (χ3v) is 5.30. The average molecular weight is 393 g/mol. The van der Waals surface area contributed by atoms with Crippen molar-refractivity contribution in [2.75, 3.05) is 18.9 Å². The van der Waals surface area contributed by atoms with Crippen molar-refractivity contribution in [1.29, 1.82) is 0 Å². The van der Waals surface area contributed by atoms with Crippen LogP contribution in [0.3, 0.4) is 0 Å². The highest BCUT2D eigenvalue weighted by molar-refractivity contribution is 8.00. The summed E-state index contributed by atoms with van der Waals surface area (Å²) >= 11 is 1.46. The van der Waals surface area contributed by atoms with Crippen molar-refractivity contribution in [1.82, 2.24) is 5.32 Å². The minimum absolute atomic E-state index is 0.0211. The highest BCUT2D eigenvalue weighted by Crippen LogP contribution is 2.27. The number of thioether (sulfide) groups is 1. The van der Waals surface area contributed by atoms with E-state index in [1.807, 2.05) is 6.07 Å². The molecule has 2 N–H and O–H groups in total. The van der Waals surface area contributed by atoms with E-state index in [1.54, 1.807) is 0 Å². The van der Waals surface area contributed by atoms with Gasteiger partial charge >= 0.3 is 0 Å². The molecule has 1 amide bonds. The molecule has 0 aliphatic heterocycles. The summed E-state index contributed by atoms with van der Waals surface area (Å²) in [6.45, 7) is -0.115. The predicted molar refractivity (Wildman–Crippen MR) is 100 cm³/mol. The first kappa shape index (κ1) is 19.6. The zero-order valence-electron chi connectivity index (χ0n) is 14.7. The molecule has 0 radical (unpaired) electrons. The number of ether oxygens (including phenoxy) is 1. The number of fused-ring (bicyclic) bond motifs is 1. The van der Waals surface area contributed by atoms with Gasteiger partial charge in [-0.2, -0.15) is 0 Å². The molecule has 4 nitrogen and oxygen atoms in total. The molecule has 1 atom stereocenters. The Morgan fingerprint density at radius 3 is 2.78 bits per heavy atom. The second kappa shape index (κ2) is 9.19. The van der Waals surface area contributed by atoms with Crippen molar-refractivity contribution in [3.8, 4) is 5.75 Å². The van der Waals surface area contributed by atoms with Gasteiger partial charge in [-0.1, -0.05) is 6.07 Å². The molecule has 0 spiro atoms. The topological polar surface area (TPSA) is 58.6 Å². The van der Waals surface area contributed by atoms with E-state index >= 15 is 0 Å². The molecule has 0 aromatic heterocycles.